The highest BCUT2D eigenvalue weighted by molar-refractivity contribution is 4.58. The van der Waals surface area contributed by atoms with Crippen molar-refractivity contribution in [3.63, 3.8) is 0 Å². The fourth-order valence-corrected chi connectivity index (χ4v) is 0. The predicted octanol–water partition coefficient (Wildman–Crippen LogP) is 1.25. The van der Waals surface area contributed by atoms with Crippen LogP contribution >= 0.6 is 0 Å². The third kappa shape index (κ3) is 101. The number of hydrogen-bond donors (Lipinski definition) is 1. The van der Waals surface area contributed by atoms with Gasteiger partial charge in [0.2, 0.25) is 0 Å². The van der Waals surface area contributed by atoms with Crippen molar-refractivity contribution in [1.29, 1.82) is 0 Å². The predicted molar refractivity (Wildman–Crippen MR) is 33.4 cm³/mol. The molecule has 1 aliphatic rings. The van der Waals surface area contributed by atoms with Gasteiger partial charge in [-0.15, -0.1) is 0 Å². The maximum atomic E-state index is 3.00. The lowest BCUT2D eigenvalue weighted by molar-refractivity contribution is 0.737. The van der Waals surface area contributed by atoms with Crippen molar-refractivity contribution in [2.24, 2.45) is 5.92 Å². The first-order chi connectivity index (χ1) is 3.23. The van der Waals surface area contributed by atoms with Gasteiger partial charge in [-0.2, -0.15) is 0 Å². The Hall–Kier alpha value is -0.0400. The van der Waals surface area contributed by atoms with Gasteiger partial charge in [-0.25, -0.2) is 0 Å². The van der Waals surface area contributed by atoms with Gasteiger partial charge in [0.15, 0.2) is 0 Å². The van der Waals surface area contributed by atoms with Crippen LogP contribution in [0.4, 0.5) is 0 Å². The van der Waals surface area contributed by atoms with Crippen LogP contribution in [-0.4, -0.2) is 13.1 Å². The van der Waals surface area contributed by atoms with Crippen molar-refractivity contribution in [2.75, 3.05) is 13.1 Å². The second kappa shape index (κ2) is 4.13. The van der Waals surface area contributed by atoms with E-state index in [0.717, 1.165) is 5.92 Å². The van der Waals surface area contributed by atoms with Crippen molar-refractivity contribution < 1.29 is 0 Å². The Labute approximate surface area is 46.1 Å². The number of hydrogen-bond acceptors (Lipinski definition) is 1. The molecule has 0 atom stereocenters. The van der Waals surface area contributed by atoms with Crippen LogP contribution in [0.1, 0.15) is 20.8 Å². The average Bonchev–Trinajstić information content (AvgIpc) is 2.02. The second-order valence-electron chi connectivity index (χ2n) is 2.48. The van der Waals surface area contributed by atoms with Gasteiger partial charge in [0.05, 0.1) is 0 Å². The Morgan fingerprint density at radius 3 is 1.29 bits per heavy atom. The molecule has 1 heteroatoms. The summed E-state index contributed by atoms with van der Waals surface area (Å²) in [4.78, 5) is 0. The van der Waals surface area contributed by atoms with E-state index in [-0.39, 0.29) is 0 Å². The van der Waals surface area contributed by atoms with Crippen molar-refractivity contribution in [2.45, 2.75) is 20.8 Å². The number of nitrogens with one attached hydrogen (secondary N) is 1. The Kier molecular flexibility index (Phi) is 4.10. The third-order valence-electron chi connectivity index (χ3n) is 0.250. The fourth-order valence-electron chi connectivity index (χ4n) is 0. The summed E-state index contributed by atoms with van der Waals surface area (Å²) in [5.74, 6) is 0.833. The monoisotopic (exact) mass is 101 g/mol. The lowest BCUT2D eigenvalue weighted by Gasteiger charge is -1.79. The molecule has 1 aliphatic heterocycles. The summed E-state index contributed by atoms with van der Waals surface area (Å²) in [7, 11) is 0. The normalized spacial score (nSPS) is 15.4. The maximum Gasteiger partial charge on any atom is 0.00772 e. The van der Waals surface area contributed by atoms with E-state index in [1.54, 1.807) is 0 Å². The molecule has 0 aromatic rings. The smallest absolute Gasteiger partial charge is 0.00772 e. The minimum absolute atomic E-state index is 0.833. The van der Waals surface area contributed by atoms with Gasteiger partial charge < -0.3 is 5.32 Å². The lowest BCUT2D eigenvalue weighted by atomic mass is 10.3. The van der Waals surface area contributed by atoms with E-state index >= 15 is 0 Å². The first-order valence-electron chi connectivity index (χ1n) is 2.94. The first kappa shape index (κ1) is 6.96. The van der Waals surface area contributed by atoms with Crippen molar-refractivity contribution in [3.05, 3.63) is 0 Å². The molecule has 0 saturated carbocycles. The van der Waals surface area contributed by atoms with Gasteiger partial charge in [-0.3, -0.25) is 0 Å². The van der Waals surface area contributed by atoms with Crippen LogP contribution in [0.25, 0.3) is 0 Å². The molecule has 1 fully saturated rings. The summed E-state index contributed by atoms with van der Waals surface area (Å²) in [5.41, 5.74) is 0. The zero-order chi connectivity index (χ0) is 5.70. The maximum absolute atomic E-state index is 3.00. The summed E-state index contributed by atoms with van der Waals surface area (Å²) < 4.78 is 0. The van der Waals surface area contributed by atoms with Gasteiger partial charge in [0.1, 0.15) is 0 Å². The average molecular weight is 101 g/mol. The van der Waals surface area contributed by atoms with Crippen molar-refractivity contribution in [3.8, 4) is 0 Å². The largest absolute Gasteiger partial charge is 0.314 e. The molecule has 44 valence electrons. The molecule has 1 heterocycles. The summed E-state index contributed by atoms with van der Waals surface area (Å²) in [5, 5.41) is 3.00. The van der Waals surface area contributed by atoms with Gasteiger partial charge >= 0.3 is 0 Å². The van der Waals surface area contributed by atoms with E-state index in [0.29, 0.717) is 0 Å². The molecule has 0 aliphatic carbocycles. The van der Waals surface area contributed by atoms with E-state index in [1.165, 1.54) is 13.1 Å². The molecule has 0 amide bonds. The molecule has 0 unspecified atom stereocenters. The minimum atomic E-state index is 0.833. The van der Waals surface area contributed by atoms with Gasteiger partial charge in [0, 0.05) is 13.1 Å². The van der Waals surface area contributed by atoms with Crippen molar-refractivity contribution >= 4 is 0 Å². The minimum Gasteiger partial charge on any atom is -0.314 e. The topological polar surface area (TPSA) is 21.9 Å². The van der Waals surface area contributed by atoms with E-state index in [9.17, 15) is 0 Å². The van der Waals surface area contributed by atoms with Crippen LogP contribution in [0.15, 0.2) is 0 Å². The first-order valence-corrected chi connectivity index (χ1v) is 2.94. The van der Waals surface area contributed by atoms with Crippen LogP contribution in [0.5, 0.6) is 0 Å². The molecule has 0 bridgehead atoms. The van der Waals surface area contributed by atoms with Gasteiger partial charge in [0.25, 0.3) is 0 Å². The van der Waals surface area contributed by atoms with E-state index in [2.05, 4.69) is 26.1 Å². The highest BCUT2D eigenvalue weighted by Gasteiger charge is 1.91. The Morgan fingerprint density at radius 1 is 1.14 bits per heavy atom. The van der Waals surface area contributed by atoms with Gasteiger partial charge in [-0.05, 0) is 5.92 Å². The lowest BCUT2D eigenvalue weighted by Crippen LogP contribution is -1.66. The second-order valence-corrected chi connectivity index (χ2v) is 2.48. The summed E-state index contributed by atoms with van der Waals surface area (Å²) in [6.07, 6.45) is 0. The molecule has 0 radical (unpaired) electrons. The molecule has 0 aromatic heterocycles. The standard InChI is InChI=1S/C4H10.C2H5N/c1-4(2)3;1-2-3-1/h4H,1-3H3;3H,1-2H2. The zero-order valence-electron chi connectivity index (χ0n) is 5.49. The van der Waals surface area contributed by atoms with Crippen LogP contribution in [0.3, 0.4) is 0 Å². The van der Waals surface area contributed by atoms with E-state index in [4.69, 9.17) is 0 Å². The molecular weight excluding hydrogens is 86.1 g/mol. The van der Waals surface area contributed by atoms with Crippen LogP contribution in [-0.2, 0) is 0 Å². The van der Waals surface area contributed by atoms with E-state index < -0.39 is 0 Å². The Bertz CT molecular complexity index is 25.7. The molecule has 1 N–H and O–H groups in total. The fraction of sp³-hybridized carbons (Fsp3) is 1.00. The summed E-state index contributed by atoms with van der Waals surface area (Å²) >= 11 is 0. The highest BCUT2D eigenvalue weighted by Crippen LogP contribution is 1.81. The SMILES string of the molecule is C1CN1.CC(C)C. The molecule has 1 saturated heterocycles. The Morgan fingerprint density at radius 2 is 1.29 bits per heavy atom. The van der Waals surface area contributed by atoms with Crippen LogP contribution < -0.4 is 5.32 Å². The molecule has 1 nitrogen and oxygen atoms in total. The zero-order valence-corrected chi connectivity index (χ0v) is 5.49. The summed E-state index contributed by atoms with van der Waals surface area (Å²) in [6.45, 7) is 9.00. The molecule has 7 heavy (non-hydrogen) atoms. The molecule has 0 spiro atoms. The molecule has 1 rings (SSSR count). The third-order valence-corrected chi connectivity index (χ3v) is 0.250. The molecular formula is C6H15N. The van der Waals surface area contributed by atoms with Gasteiger partial charge in [-0.1, -0.05) is 20.8 Å². The summed E-state index contributed by atoms with van der Waals surface area (Å²) in [6, 6.07) is 0. The van der Waals surface area contributed by atoms with Crippen LogP contribution in [0.2, 0.25) is 0 Å². The Balaban J connectivity index is 0.000000105. The number of rotatable bonds is 0. The van der Waals surface area contributed by atoms with E-state index in [1.807, 2.05) is 0 Å². The highest BCUT2D eigenvalue weighted by atomic mass is 15.0. The van der Waals surface area contributed by atoms with Crippen LogP contribution in [0, 0.1) is 5.92 Å². The molecule has 0 aromatic carbocycles. The quantitative estimate of drug-likeness (QED) is 0.456. The van der Waals surface area contributed by atoms with Crippen molar-refractivity contribution in [1.82, 2.24) is 5.32 Å².